The Morgan fingerprint density at radius 2 is 2.05 bits per heavy atom. The zero-order valence-corrected chi connectivity index (χ0v) is 14.5. The minimum Gasteiger partial charge on any atom is -0.497 e. The van der Waals surface area contributed by atoms with Gasteiger partial charge in [0.25, 0.3) is 0 Å². The van der Waals surface area contributed by atoms with Crippen LogP contribution >= 0.6 is 15.9 Å². The molecular weight excluding hydrogens is 318 g/mol. The topological polar surface area (TPSA) is 30.5 Å². The highest BCUT2D eigenvalue weighted by Crippen LogP contribution is 2.25. The summed E-state index contributed by atoms with van der Waals surface area (Å²) in [6, 6.07) is 6.40. The summed E-state index contributed by atoms with van der Waals surface area (Å²) in [6.07, 6.45) is 3.36. The lowest BCUT2D eigenvalue weighted by atomic mass is 9.98. The standard InChI is InChI=1S/C16H26BrNO2/c1-5-7-16(20-6-2)15(18-3)11-12-10-13(19-4)8-9-14(12)17/h8-10,15-16,18H,5-7,11H2,1-4H3. The van der Waals surface area contributed by atoms with Gasteiger partial charge in [-0.1, -0.05) is 29.3 Å². The molecular formula is C16H26BrNO2. The molecule has 4 heteroatoms. The molecule has 0 amide bonds. The van der Waals surface area contributed by atoms with Crippen molar-refractivity contribution in [1.82, 2.24) is 5.32 Å². The van der Waals surface area contributed by atoms with Crippen molar-refractivity contribution in [2.24, 2.45) is 0 Å². The Balaban J connectivity index is 2.85. The minimum absolute atomic E-state index is 0.244. The fourth-order valence-electron chi connectivity index (χ4n) is 2.39. The van der Waals surface area contributed by atoms with Crippen molar-refractivity contribution < 1.29 is 9.47 Å². The fourth-order valence-corrected chi connectivity index (χ4v) is 2.80. The van der Waals surface area contributed by atoms with E-state index in [0.29, 0.717) is 6.04 Å². The Labute approximate surface area is 131 Å². The van der Waals surface area contributed by atoms with E-state index in [1.807, 2.05) is 19.2 Å². The zero-order chi connectivity index (χ0) is 15.0. The van der Waals surface area contributed by atoms with Crippen LogP contribution in [0.2, 0.25) is 0 Å². The van der Waals surface area contributed by atoms with Gasteiger partial charge in [-0.05, 0) is 50.6 Å². The van der Waals surface area contributed by atoms with E-state index in [0.717, 1.165) is 36.1 Å². The number of hydrogen-bond donors (Lipinski definition) is 1. The maximum atomic E-state index is 5.90. The first-order valence-electron chi connectivity index (χ1n) is 7.27. The van der Waals surface area contributed by atoms with Crippen LogP contribution in [0.3, 0.4) is 0 Å². The first kappa shape index (κ1) is 17.5. The van der Waals surface area contributed by atoms with Crippen LogP contribution in [0.25, 0.3) is 0 Å². The van der Waals surface area contributed by atoms with Crippen molar-refractivity contribution in [2.45, 2.75) is 45.3 Å². The van der Waals surface area contributed by atoms with E-state index in [-0.39, 0.29) is 6.10 Å². The molecule has 0 saturated carbocycles. The average molecular weight is 344 g/mol. The average Bonchev–Trinajstić information content (AvgIpc) is 2.46. The number of methoxy groups -OCH3 is 1. The Morgan fingerprint density at radius 1 is 1.30 bits per heavy atom. The predicted molar refractivity (Wildman–Crippen MR) is 87.6 cm³/mol. The molecule has 2 unspecified atom stereocenters. The highest BCUT2D eigenvalue weighted by atomic mass is 79.9. The molecule has 1 aromatic carbocycles. The van der Waals surface area contributed by atoms with Crippen LogP contribution in [0.15, 0.2) is 22.7 Å². The maximum absolute atomic E-state index is 5.90. The molecule has 0 aliphatic rings. The minimum atomic E-state index is 0.244. The number of likely N-dealkylation sites (N-methyl/N-ethyl adjacent to an activating group) is 1. The van der Waals surface area contributed by atoms with Gasteiger partial charge in [0, 0.05) is 17.1 Å². The van der Waals surface area contributed by atoms with Gasteiger partial charge in [-0.15, -0.1) is 0 Å². The third-order valence-electron chi connectivity index (χ3n) is 3.47. The Kier molecular flexibility index (Phi) is 8.19. The molecule has 0 heterocycles. The Bertz CT molecular complexity index is 392. The van der Waals surface area contributed by atoms with Crippen molar-refractivity contribution in [1.29, 1.82) is 0 Å². The largest absolute Gasteiger partial charge is 0.497 e. The molecule has 0 fully saturated rings. The third kappa shape index (κ3) is 5.08. The summed E-state index contributed by atoms with van der Waals surface area (Å²) in [5.41, 5.74) is 1.24. The van der Waals surface area contributed by atoms with Gasteiger partial charge < -0.3 is 14.8 Å². The molecule has 1 rings (SSSR count). The van der Waals surface area contributed by atoms with E-state index < -0.39 is 0 Å². The summed E-state index contributed by atoms with van der Waals surface area (Å²) in [4.78, 5) is 0. The lowest BCUT2D eigenvalue weighted by molar-refractivity contribution is 0.0300. The van der Waals surface area contributed by atoms with Gasteiger partial charge in [-0.25, -0.2) is 0 Å². The second kappa shape index (κ2) is 9.37. The summed E-state index contributed by atoms with van der Waals surface area (Å²) in [5.74, 6) is 0.890. The first-order valence-corrected chi connectivity index (χ1v) is 8.06. The molecule has 1 aromatic rings. The molecule has 0 saturated heterocycles. The van der Waals surface area contributed by atoms with Gasteiger partial charge in [0.1, 0.15) is 5.75 Å². The van der Waals surface area contributed by atoms with E-state index in [4.69, 9.17) is 9.47 Å². The van der Waals surface area contributed by atoms with E-state index in [1.54, 1.807) is 7.11 Å². The maximum Gasteiger partial charge on any atom is 0.119 e. The van der Waals surface area contributed by atoms with Crippen LogP contribution in [-0.2, 0) is 11.2 Å². The van der Waals surface area contributed by atoms with Gasteiger partial charge >= 0.3 is 0 Å². The van der Waals surface area contributed by atoms with E-state index >= 15 is 0 Å². The van der Waals surface area contributed by atoms with E-state index in [9.17, 15) is 0 Å². The number of hydrogen-bond acceptors (Lipinski definition) is 3. The summed E-state index contributed by atoms with van der Waals surface area (Å²) in [7, 11) is 3.70. The number of benzene rings is 1. The molecule has 0 aliphatic carbocycles. The van der Waals surface area contributed by atoms with Gasteiger partial charge in [0.2, 0.25) is 0 Å². The van der Waals surface area contributed by atoms with Crippen molar-refractivity contribution in [2.75, 3.05) is 20.8 Å². The van der Waals surface area contributed by atoms with Gasteiger partial charge in [0.05, 0.1) is 13.2 Å². The Morgan fingerprint density at radius 3 is 2.60 bits per heavy atom. The number of rotatable bonds is 9. The monoisotopic (exact) mass is 343 g/mol. The lowest BCUT2D eigenvalue weighted by Crippen LogP contribution is -2.41. The molecule has 0 radical (unpaired) electrons. The smallest absolute Gasteiger partial charge is 0.119 e. The van der Waals surface area contributed by atoms with Gasteiger partial charge in [0.15, 0.2) is 0 Å². The summed E-state index contributed by atoms with van der Waals surface area (Å²) >= 11 is 3.62. The second-order valence-electron chi connectivity index (χ2n) is 4.84. The van der Waals surface area contributed by atoms with Crippen LogP contribution in [0.5, 0.6) is 5.75 Å². The zero-order valence-electron chi connectivity index (χ0n) is 12.9. The lowest BCUT2D eigenvalue weighted by Gasteiger charge is -2.27. The molecule has 1 N–H and O–H groups in total. The summed E-state index contributed by atoms with van der Waals surface area (Å²) in [5, 5.41) is 3.40. The van der Waals surface area contributed by atoms with Crippen LogP contribution in [0.4, 0.5) is 0 Å². The van der Waals surface area contributed by atoms with Crippen LogP contribution in [0, 0.1) is 0 Å². The summed E-state index contributed by atoms with van der Waals surface area (Å²) in [6.45, 7) is 5.00. The van der Waals surface area contributed by atoms with Crippen molar-refractivity contribution >= 4 is 15.9 Å². The second-order valence-corrected chi connectivity index (χ2v) is 5.69. The number of halogens is 1. The number of ether oxygens (including phenoxy) is 2. The van der Waals surface area contributed by atoms with E-state index in [2.05, 4.69) is 41.2 Å². The predicted octanol–water partition coefficient (Wildman–Crippen LogP) is 3.79. The molecule has 114 valence electrons. The van der Waals surface area contributed by atoms with Gasteiger partial charge in [-0.2, -0.15) is 0 Å². The van der Waals surface area contributed by atoms with Crippen LogP contribution < -0.4 is 10.1 Å². The number of nitrogens with one attached hydrogen (secondary N) is 1. The summed E-state index contributed by atoms with van der Waals surface area (Å²) < 4.78 is 12.3. The Hall–Kier alpha value is -0.580. The van der Waals surface area contributed by atoms with Crippen molar-refractivity contribution in [3.05, 3.63) is 28.2 Å². The SMILES string of the molecule is CCCC(OCC)C(Cc1cc(OC)ccc1Br)NC. The molecule has 20 heavy (non-hydrogen) atoms. The normalized spacial score (nSPS) is 14.1. The fraction of sp³-hybridized carbons (Fsp3) is 0.625. The molecule has 0 spiro atoms. The van der Waals surface area contributed by atoms with Gasteiger partial charge in [-0.3, -0.25) is 0 Å². The highest BCUT2D eigenvalue weighted by molar-refractivity contribution is 9.10. The third-order valence-corrected chi connectivity index (χ3v) is 4.24. The molecule has 0 aliphatic heterocycles. The van der Waals surface area contributed by atoms with Crippen LogP contribution in [0.1, 0.15) is 32.3 Å². The first-order chi connectivity index (χ1) is 9.65. The van der Waals surface area contributed by atoms with Crippen molar-refractivity contribution in [3.8, 4) is 5.75 Å². The van der Waals surface area contributed by atoms with E-state index in [1.165, 1.54) is 5.56 Å². The molecule has 0 aromatic heterocycles. The molecule has 0 bridgehead atoms. The van der Waals surface area contributed by atoms with Crippen LogP contribution in [-0.4, -0.2) is 32.9 Å². The quantitative estimate of drug-likeness (QED) is 0.739. The van der Waals surface area contributed by atoms with Crippen molar-refractivity contribution in [3.63, 3.8) is 0 Å². The molecule has 2 atom stereocenters. The highest BCUT2D eigenvalue weighted by Gasteiger charge is 2.21. The molecule has 3 nitrogen and oxygen atoms in total.